The van der Waals surface area contributed by atoms with Gasteiger partial charge in [0.25, 0.3) is 0 Å². The molecule has 6 heteroatoms. The van der Waals surface area contributed by atoms with Gasteiger partial charge in [0.05, 0.1) is 6.54 Å². The Labute approximate surface area is 112 Å². The van der Waals surface area contributed by atoms with E-state index in [2.05, 4.69) is 29.0 Å². The van der Waals surface area contributed by atoms with Gasteiger partial charge in [-0.3, -0.25) is 4.79 Å². The number of thiazole rings is 1. The molecule has 1 amide bonds. The average molecular weight is 268 g/mol. The van der Waals surface area contributed by atoms with E-state index in [1.807, 2.05) is 13.2 Å². The van der Waals surface area contributed by atoms with E-state index in [0.717, 1.165) is 24.8 Å². The van der Waals surface area contributed by atoms with Gasteiger partial charge >= 0.3 is 0 Å². The molecule has 100 valence electrons. The Kier molecular flexibility index (Phi) is 4.19. The van der Waals surface area contributed by atoms with E-state index in [-0.39, 0.29) is 5.91 Å². The second-order valence-corrected chi connectivity index (χ2v) is 5.98. The minimum Gasteiger partial charge on any atom is -0.342 e. The molecule has 0 radical (unpaired) electrons. The third-order valence-corrected chi connectivity index (χ3v) is 4.01. The summed E-state index contributed by atoms with van der Waals surface area (Å²) in [6.45, 7) is 7.19. The maximum atomic E-state index is 11.6. The number of nitrogens with zero attached hydrogens (tertiary/aromatic N) is 3. The predicted octanol–water partition coefficient (Wildman–Crippen LogP) is 0.919. The molecule has 5 nitrogen and oxygen atoms in total. The van der Waals surface area contributed by atoms with Crippen molar-refractivity contribution < 1.29 is 4.79 Å². The molecule has 2 rings (SSSR count). The lowest BCUT2D eigenvalue weighted by atomic mass is 10.3. The molecule has 1 aliphatic heterocycles. The zero-order chi connectivity index (χ0) is 13.1. The molecule has 1 N–H and O–H groups in total. The van der Waals surface area contributed by atoms with Crippen molar-refractivity contribution in [3.63, 3.8) is 0 Å². The molecule has 0 spiro atoms. The van der Waals surface area contributed by atoms with Crippen LogP contribution in [0.2, 0.25) is 0 Å². The number of aromatic nitrogens is 1. The van der Waals surface area contributed by atoms with Crippen LogP contribution in [0.25, 0.3) is 0 Å². The van der Waals surface area contributed by atoms with E-state index in [1.165, 1.54) is 4.88 Å². The zero-order valence-corrected chi connectivity index (χ0v) is 12.0. The lowest BCUT2D eigenvalue weighted by molar-refractivity contribution is -0.129. The molecule has 0 aromatic carbocycles. The van der Waals surface area contributed by atoms with Crippen molar-refractivity contribution in [3.8, 4) is 0 Å². The van der Waals surface area contributed by atoms with Gasteiger partial charge in [0.1, 0.15) is 0 Å². The van der Waals surface area contributed by atoms with Gasteiger partial charge in [0.2, 0.25) is 5.91 Å². The first kappa shape index (κ1) is 13.3. The summed E-state index contributed by atoms with van der Waals surface area (Å²) in [5, 5.41) is 4.33. The Balaban J connectivity index is 1.95. The maximum absolute atomic E-state index is 11.6. The van der Waals surface area contributed by atoms with Crippen LogP contribution in [-0.4, -0.2) is 48.5 Å². The molecule has 1 saturated heterocycles. The second kappa shape index (κ2) is 5.67. The molecule has 2 heterocycles. The van der Waals surface area contributed by atoms with Crippen molar-refractivity contribution in [2.75, 3.05) is 31.6 Å². The normalized spacial score (nSPS) is 16.8. The fourth-order valence-electron chi connectivity index (χ4n) is 1.75. The summed E-state index contributed by atoms with van der Waals surface area (Å²) in [6, 6.07) is 0.473. The van der Waals surface area contributed by atoms with Gasteiger partial charge in [-0.05, 0) is 0 Å². The minimum absolute atomic E-state index is 0.165. The number of rotatable bonds is 4. The smallest absolute Gasteiger partial charge is 0.241 e. The zero-order valence-electron chi connectivity index (χ0n) is 11.1. The van der Waals surface area contributed by atoms with Crippen LogP contribution in [0.1, 0.15) is 18.7 Å². The van der Waals surface area contributed by atoms with E-state index in [4.69, 9.17) is 0 Å². The molecule has 1 aliphatic rings. The highest BCUT2D eigenvalue weighted by atomic mass is 32.1. The number of piperazine rings is 1. The van der Waals surface area contributed by atoms with Crippen LogP contribution in [0.5, 0.6) is 0 Å². The molecule has 0 unspecified atom stereocenters. The molecule has 0 aliphatic carbocycles. The molecule has 0 saturated carbocycles. The fourth-order valence-corrected chi connectivity index (χ4v) is 2.64. The van der Waals surface area contributed by atoms with Crippen LogP contribution in [0.15, 0.2) is 6.20 Å². The Morgan fingerprint density at radius 3 is 2.94 bits per heavy atom. The number of carbonyl (C=O) groups is 1. The van der Waals surface area contributed by atoms with Crippen molar-refractivity contribution in [1.29, 1.82) is 0 Å². The number of amides is 1. The molecule has 18 heavy (non-hydrogen) atoms. The van der Waals surface area contributed by atoms with Crippen LogP contribution in [0.4, 0.5) is 5.13 Å². The van der Waals surface area contributed by atoms with E-state index in [1.54, 1.807) is 16.2 Å². The largest absolute Gasteiger partial charge is 0.342 e. The van der Waals surface area contributed by atoms with Crippen LogP contribution >= 0.6 is 11.3 Å². The first-order valence-electron chi connectivity index (χ1n) is 6.23. The van der Waals surface area contributed by atoms with Crippen molar-refractivity contribution in [2.45, 2.75) is 26.4 Å². The molecule has 0 bridgehead atoms. The summed E-state index contributed by atoms with van der Waals surface area (Å²) >= 11 is 1.67. The average Bonchev–Trinajstić information content (AvgIpc) is 2.79. The maximum Gasteiger partial charge on any atom is 0.241 e. The molecule has 1 fully saturated rings. The predicted molar refractivity (Wildman–Crippen MR) is 73.9 cm³/mol. The number of nitrogens with one attached hydrogen (secondary N) is 1. The first-order valence-corrected chi connectivity index (χ1v) is 7.05. The van der Waals surface area contributed by atoms with Gasteiger partial charge in [-0.25, -0.2) is 4.98 Å². The molecule has 1 aromatic rings. The second-order valence-electron chi connectivity index (χ2n) is 4.88. The molecular formula is C12H20N4OS. The van der Waals surface area contributed by atoms with Gasteiger partial charge in [-0.15, -0.1) is 11.3 Å². The van der Waals surface area contributed by atoms with Crippen LogP contribution in [0.3, 0.4) is 0 Å². The summed E-state index contributed by atoms with van der Waals surface area (Å²) in [6.07, 6.45) is 1.90. The lowest BCUT2D eigenvalue weighted by Crippen LogP contribution is -2.48. The molecular weight excluding hydrogens is 248 g/mol. The van der Waals surface area contributed by atoms with E-state index in [0.29, 0.717) is 12.6 Å². The number of carbonyl (C=O) groups excluding carboxylic acids is 1. The highest BCUT2D eigenvalue weighted by Gasteiger charge is 2.22. The number of anilines is 1. The Hall–Kier alpha value is -1.14. The summed E-state index contributed by atoms with van der Waals surface area (Å²) in [5.74, 6) is 0.165. The number of likely N-dealkylation sites (N-methyl/N-ethyl adjacent to an activating group) is 1. The quantitative estimate of drug-likeness (QED) is 0.882. The third kappa shape index (κ3) is 3.20. The van der Waals surface area contributed by atoms with Crippen LogP contribution in [-0.2, 0) is 11.3 Å². The van der Waals surface area contributed by atoms with Crippen molar-refractivity contribution in [3.05, 3.63) is 11.1 Å². The fraction of sp³-hybridized carbons (Fsp3) is 0.667. The topological polar surface area (TPSA) is 48.5 Å². The first-order chi connectivity index (χ1) is 8.56. The van der Waals surface area contributed by atoms with Gasteiger partial charge in [-0.2, -0.15) is 0 Å². The SMILES string of the molecule is CC(C)NCc1cnc(N2CCN(C)C(=O)C2)s1. The van der Waals surface area contributed by atoms with E-state index < -0.39 is 0 Å². The van der Waals surface area contributed by atoms with Gasteiger partial charge < -0.3 is 15.1 Å². The Morgan fingerprint density at radius 1 is 1.50 bits per heavy atom. The van der Waals surface area contributed by atoms with Gasteiger partial charge in [0.15, 0.2) is 5.13 Å². The van der Waals surface area contributed by atoms with E-state index >= 15 is 0 Å². The third-order valence-electron chi connectivity index (χ3n) is 2.95. The summed E-state index contributed by atoms with van der Waals surface area (Å²) < 4.78 is 0. The van der Waals surface area contributed by atoms with Crippen molar-refractivity contribution in [2.24, 2.45) is 0 Å². The molecule has 0 atom stereocenters. The monoisotopic (exact) mass is 268 g/mol. The number of hydrogen-bond acceptors (Lipinski definition) is 5. The summed E-state index contributed by atoms with van der Waals surface area (Å²) in [4.78, 5) is 21.1. The summed E-state index contributed by atoms with van der Waals surface area (Å²) in [5.41, 5.74) is 0. The minimum atomic E-state index is 0.165. The number of hydrogen-bond donors (Lipinski definition) is 1. The van der Waals surface area contributed by atoms with Crippen LogP contribution < -0.4 is 10.2 Å². The highest BCUT2D eigenvalue weighted by Crippen LogP contribution is 2.23. The summed E-state index contributed by atoms with van der Waals surface area (Å²) in [7, 11) is 1.85. The lowest BCUT2D eigenvalue weighted by Gasteiger charge is -2.31. The highest BCUT2D eigenvalue weighted by molar-refractivity contribution is 7.15. The van der Waals surface area contributed by atoms with Gasteiger partial charge in [0, 0.05) is 43.8 Å². The van der Waals surface area contributed by atoms with Gasteiger partial charge in [-0.1, -0.05) is 13.8 Å². The Morgan fingerprint density at radius 2 is 2.28 bits per heavy atom. The van der Waals surface area contributed by atoms with Crippen molar-refractivity contribution in [1.82, 2.24) is 15.2 Å². The Bertz CT molecular complexity index is 418. The standard InChI is InChI=1S/C12H20N4OS/c1-9(2)13-6-10-7-14-12(18-10)16-5-4-15(3)11(17)8-16/h7,9,13H,4-6,8H2,1-3H3. The van der Waals surface area contributed by atoms with E-state index in [9.17, 15) is 4.79 Å². The molecule has 1 aromatic heterocycles. The van der Waals surface area contributed by atoms with Crippen molar-refractivity contribution >= 4 is 22.4 Å². The van der Waals surface area contributed by atoms with Crippen LogP contribution in [0, 0.1) is 0 Å².